The number of nitrogens with zero attached hydrogens (tertiary/aromatic N) is 1. The molecule has 0 aromatic heterocycles. The van der Waals surface area contributed by atoms with Crippen molar-refractivity contribution in [2.45, 2.75) is 0 Å². The van der Waals surface area contributed by atoms with Crippen LogP contribution in [0, 0.1) is 33.3 Å². The average molecular weight is 371 g/mol. The Morgan fingerprint density at radius 2 is 0.958 bits per heavy atom. The molecule has 0 aliphatic carbocycles. The first-order chi connectivity index (χ1) is 11.3. The van der Waals surface area contributed by atoms with Crippen molar-refractivity contribution >= 4 is 4.57 Å². The Balaban J connectivity index is -0.0000000467. The van der Waals surface area contributed by atoms with Crippen LogP contribution in [0.2, 0.25) is 0 Å². The van der Waals surface area contributed by atoms with Crippen molar-refractivity contribution in [1.29, 1.82) is 0 Å². The van der Waals surface area contributed by atoms with E-state index in [-0.39, 0.29) is 4.57 Å². The van der Waals surface area contributed by atoms with Crippen LogP contribution in [0.25, 0.3) is 0 Å². The zero-order valence-corrected chi connectivity index (χ0v) is 15.0. The van der Waals surface area contributed by atoms with Crippen LogP contribution in [0.1, 0.15) is 5.56 Å². The SMILES string of the molecule is C[N+](C)(C)C.[C-]#[O+].[C-]#[O+].[C-]#[O+].[C-]#[O+].[C-]#[O+].[O-][C](=[Cr])c1ccccc1. The van der Waals surface area contributed by atoms with E-state index in [0.29, 0.717) is 0 Å². The van der Waals surface area contributed by atoms with Crippen molar-refractivity contribution in [2.75, 3.05) is 28.2 Å². The average Bonchev–Trinajstić information content (AvgIpc) is 2.63. The van der Waals surface area contributed by atoms with Gasteiger partial charge in [-0.3, -0.25) is 0 Å². The van der Waals surface area contributed by atoms with E-state index >= 15 is 0 Å². The molecule has 0 saturated carbocycles. The van der Waals surface area contributed by atoms with E-state index < -0.39 is 0 Å². The second-order valence-corrected chi connectivity index (χ2v) is 4.92. The van der Waals surface area contributed by atoms with Gasteiger partial charge in [-0.2, -0.15) is 0 Å². The number of quaternary nitrogens is 1. The summed E-state index contributed by atoms with van der Waals surface area (Å²) in [6.07, 6.45) is 0. The molecule has 0 spiro atoms. The molecule has 0 radical (unpaired) electrons. The van der Waals surface area contributed by atoms with Gasteiger partial charge in [0.2, 0.25) is 0 Å². The Kier molecular flexibility index (Phi) is 59.4. The fourth-order valence-electron chi connectivity index (χ4n) is 0.574. The second kappa shape index (κ2) is 37.5. The first kappa shape index (κ1) is 38.0. The van der Waals surface area contributed by atoms with Crippen molar-refractivity contribution in [3.8, 4) is 0 Å². The van der Waals surface area contributed by atoms with Crippen molar-refractivity contribution in [1.82, 2.24) is 0 Å². The molecule has 128 valence electrons. The van der Waals surface area contributed by atoms with Gasteiger partial charge in [0.1, 0.15) is 0 Å². The van der Waals surface area contributed by atoms with E-state index in [1.807, 2.05) is 18.2 Å². The van der Waals surface area contributed by atoms with Crippen LogP contribution in [-0.2, 0) is 39.1 Å². The Hall–Kier alpha value is -1.76. The number of hydrogen-bond donors (Lipinski definition) is 0. The zero-order chi connectivity index (χ0) is 21.2. The van der Waals surface area contributed by atoms with Crippen LogP contribution in [0.15, 0.2) is 30.3 Å². The Bertz CT molecular complexity index is 428. The Morgan fingerprint density at radius 3 is 1.08 bits per heavy atom. The van der Waals surface area contributed by atoms with Crippen molar-refractivity contribution < 1.29 is 48.7 Å². The monoisotopic (exact) mass is 371 g/mol. The molecule has 8 heteroatoms. The summed E-state index contributed by atoms with van der Waals surface area (Å²) in [6.45, 7) is 22.5. The molecule has 0 atom stereocenters. The first-order valence-electron chi connectivity index (χ1n) is 5.38. The van der Waals surface area contributed by atoms with Gasteiger partial charge in [-0.1, -0.05) is 0 Å². The van der Waals surface area contributed by atoms with Gasteiger partial charge in [-0.15, -0.1) is 0 Å². The third kappa shape index (κ3) is 71.4. The van der Waals surface area contributed by atoms with Gasteiger partial charge < -0.3 is 4.48 Å². The summed E-state index contributed by atoms with van der Waals surface area (Å²) in [5.41, 5.74) is 0.720. The molecule has 0 N–H and O–H groups in total. The van der Waals surface area contributed by atoms with Crippen LogP contribution >= 0.6 is 0 Å². The Morgan fingerprint density at radius 1 is 0.750 bits per heavy atom. The molecule has 0 saturated heterocycles. The van der Waals surface area contributed by atoms with E-state index in [1.165, 1.54) is 0 Å². The summed E-state index contributed by atoms with van der Waals surface area (Å²) in [6, 6.07) is 9.11. The maximum absolute atomic E-state index is 10.6. The molecule has 0 unspecified atom stereocenters. The summed E-state index contributed by atoms with van der Waals surface area (Å²) in [5.74, 6) is 0. The molecule has 0 aliphatic rings. The van der Waals surface area contributed by atoms with Crippen molar-refractivity contribution in [2.24, 2.45) is 0 Å². The van der Waals surface area contributed by atoms with Gasteiger partial charge in [0.05, 0.1) is 28.2 Å². The molecule has 0 aliphatic heterocycles. The topological polar surface area (TPSA) is 123 Å². The standard InChI is InChI=1S/C7H5O.C4H12N.5CO.Cr/c8-6-7-4-2-1-3-5-7;1-5(2,3)4;5*1-2;/h1-5H;1-4H3;;;;;;/q-1;+1;;;;;;. The van der Waals surface area contributed by atoms with E-state index in [9.17, 15) is 5.11 Å². The van der Waals surface area contributed by atoms with Crippen LogP contribution < -0.4 is 5.11 Å². The normalized spacial score (nSPS) is 6.29. The molecular formula is C16H17CrNO6. The van der Waals surface area contributed by atoms with Gasteiger partial charge in [0.25, 0.3) is 0 Å². The molecule has 1 rings (SSSR count). The summed E-state index contributed by atoms with van der Waals surface area (Å²) >= 11 is 2.42. The third-order valence-corrected chi connectivity index (χ3v) is 1.38. The molecule has 24 heavy (non-hydrogen) atoms. The predicted molar refractivity (Wildman–Crippen MR) is 74.2 cm³/mol. The van der Waals surface area contributed by atoms with Gasteiger partial charge >= 0.3 is 118 Å². The summed E-state index contributed by atoms with van der Waals surface area (Å²) in [5, 5.41) is 10.6. The molecule has 1 aromatic carbocycles. The zero-order valence-electron chi connectivity index (χ0n) is 13.7. The second-order valence-electron chi connectivity index (χ2n) is 4.34. The fourth-order valence-corrected chi connectivity index (χ4v) is 0.787. The van der Waals surface area contributed by atoms with Crippen molar-refractivity contribution in [3.05, 3.63) is 69.1 Å². The van der Waals surface area contributed by atoms with Crippen LogP contribution in [0.5, 0.6) is 0 Å². The molecule has 0 heterocycles. The van der Waals surface area contributed by atoms with Gasteiger partial charge in [0, 0.05) is 0 Å². The minimum absolute atomic E-state index is 0.00407. The fraction of sp³-hybridized carbons (Fsp3) is 0.250. The quantitative estimate of drug-likeness (QED) is 0.391. The maximum atomic E-state index is 10.6. The molecule has 0 bridgehead atoms. The van der Waals surface area contributed by atoms with Crippen LogP contribution in [0.3, 0.4) is 0 Å². The van der Waals surface area contributed by atoms with E-state index in [1.54, 1.807) is 12.1 Å². The van der Waals surface area contributed by atoms with Crippen LogP contribution in [-0.4, -0.2) is 37.2 Å². The number of hydrogen-bond acceptors (Lipinski definition) is 1. The summed E-state index contributed by atoms with van der Waals surface area (Å²) < 4.78 is 38.5. The van der Waals surface area contributed by atoms with Gasteiger partial charge in [-0.25, -0.2) is 0 Å². The molecule has 7 nitrogen and oxygen atoms in total. The summed E-state index contributed by atoms with van der Waals surface area (Å²) in [4.78, 5) is 0. The van der Waals surface area contributed by atoms with Crippen molar-refractivity contribution in [3.63, 3.8) is 0 Å². The molecule has 1 aromatic rings. The first-order valence-corrected chi connectivity index (χ1v) is 6.02. The Labute approximate surface area is 151 Å². The molecular weight excluding hydrogens is 354 g/mol. The van der Waals surface area contributed by atoms with E-state index in [4.69, 9.17) is 23.3 Å². The minimum atomic E-state index is -0.00407. The van der Waals surface area contributed by atoms with Crippen LogP contribution in [0.4, 0.5) is 0 Å². The van der Waals surface area contributed by atoms with Gasteiger partial charge in [0.15, 0.2) is 0 Å². The van der Waals surface area contributed by atoms with Gasteiger partial charge in [-0.05, 0) is 0 Å². The van der Waals surface area contributed by atoms with E-state index in [0.717, 1.165) is 10.0 Å². The molecule has 0 amide bonds. The third-order valence-electron chi connectivity index (χ3n) is 1.01. The number of benzene rings is 1. The number of rotatable bonds is 1. The van der Waals surface area contributed by atoms with E-state index in [2.05, 4.69) is 77.3 Å². The predicted octanol–water partition coefficient (Wildman–Crippen LogP) is 0.207. The molecule has 0 fully saturated rings. The summed E-state index contributed by atoms with van der Waals surface area (Å²) in [7, 11) is 8.50.